The number of rotatable bonds is 4. The van der Waals surface area contributed by atoms with Gasteiger partial charge in [0.05, 0.1) is 25.2 Å². The molecule has 1 atom stereocenters. The van der Waals surface area contributed by atoms with Gasteiger partial charge in [-0.2, -0.15) is 0 Å². The number of methoxy groups -OCH3 is 2. The summed E-state index contributed by atoms with van der Waals surface area (Å²) >= 11 is 1.58. The van der Waals surface area contributed by atoms with Crippen LogP contribution in [0, 0.1) is 0 Å². The second kappa shape index (κ2) is 5.28. The number of thioether (sulfide) groups is 1. The molecule has 1 aromatic carbocycles. The smallest absolute Gasteiger partial charge is 0.174 e. The zero-order valence-corrected chi connectivity index (χ0v) is 10.2. The highest BCUT2D eigenvalue weighted by molar-refractivity contribution is 7.98. The summed E-state index contributed by atoms with van der Waals surface area (Å²) in [5.74, 6) is 1.29. The highest BCUT2D eigenvalue weighted by Crippen LogP contribution is 2.41. The van der Waals surface area contributed by atoms with Crippen LogP contribution in [0.5, 0.6) is 11.5 Å². The van der Waals surface area contributed by atoms with Gasteiger partial charge >= 0.3 is 0 Å². The van der Waals surface area contributed by atoms with Crippen molar-refractivity contribution >= 4 is 11.8 Å². The van der Waals surface area contributed by atoms with E-state index in [1.54, 1.807) is 32.9 Å². The maximum absolute atomic E-state index is 9.58. The van der Waals surface area contributed by atoms with Crippen LogP contribution < -0.4 is 9.47 Å². The topological polar surface area (TPSA) is 38.7 Å². The number of ether oxygens (including phenoxy) is 2. The van der Waals surface area contributed by atoms with Crippen LogP contribution in [0.3, 0.4) is 0 Å². The number of benzene rings is 1. The number of aliphatic hydroxyl groups is 1. The van der Waals surface area contributed by atoms with E-state index in [-0.39, 0.29) is 0 Å². The second-order valence-corrected chi connectivity index (χ2v) is 3.95. The van der Waals surface area contributed by atoms with Crippen molar-refractivity contribution in [3.8, 4) is 11.5 Å². The Balaban J connectivity index is 3.34. The van der Waals surface area contributed by atoms with Crippen molar-refractivity contribution < 1.29 is 14.6 Å². The first-order valence-electron chi connectivity index (χ1n) is 4.62. The molecule has 0 aliphatic carbocycles. The lowest BCUT2D eigenvalue weighted by molar-refractivity contribution is 0.192. The van der Waals surface area contributed by atoms with Gasteiger partial charge in [0.25, 0.3) is 0 Å². The van der Waals surface area contributed by atoms with Crippen LogP contribution in [-0.2, 0) is 0 Å². The van der Waals surface area contributed by atoms with Crippen molar-refractivity contribution in [3.63, 3.8) is 0 Å². The van der Waals surface area contributed by atoms with Gasteiger partial charge in [-0.25, -0.2) is 0 Å². The first kappa shape index (κ1) is 12.2. The van der Waals surface area contributed by atoms with Crippen molar-refractivity contribution in [2.24, 2.45) is 0 Å². The van der Waals surface area contributed by atoms with Gasteiger partial charge in [-0.15, -0.1) is 11.8 Å². The molecule has 0 aromatic heterocycles. The first-order valence-corrected chi connectivity index (χ1v) is 5.85. The molecule has 0 spiro atoms. The molecule has 4 heteroatoms. The Hall–Kier alpha value is -0.870. The Bertz CT molecular complexity index is 337. The van der Waals surface area contributed by atoms with Gasteiger partial charge in [0.1, 0.15) is 0 Å². The van der Waals surface area contributed by atoms with E-state index >= 15 is 0 Å². The van der Waals surface area contributed by atoms with Crippen LogP contribution in [0.4, 0.5) is 0 Å². The SMILES string of the molecule is COc1c(SC)ccc(C(C)O)c1OC. The third-order valence-corrected chi connectivity index (χ3v) is 2.95. The van der Waals surface area contributed by atoms with Gasteiger partial charge in [0.15, 0.2) is 11.5 Å². The van der Waals surface area contributed by atoms with Crippen LogP contribution >= 0.6 is 11.8 Å². The molecule has 0 aliphatic heterocycles. The molecule has 1 rings (SSSR count). The molecule has 1 aromatic rings. The zero-order valence-electron chi connectivity index (χ0n) is 9.40. The second-order valence-electron chi connectivity index (χ2n) is 3.10. The average Bonchev–Trinajstić information content (AvgIpc) is 2.26. The number of hydrogen-bond acceptors (Lipinski definition) is 4. The summed E-state index contributed by atoms with van der Waals surface area (Å²) in [5, 5.41) is 9.58. The van der Waals surface area contributed by atoms with Gasteiger partial charge in [0, 0.05) is 5.56 Å². The molecule has 3 nitrogen and oxygen atoms in total. The van der Waals surface area contributed by atoms with Gasteiger partial charge in [-0.3, -0.25) is 0 Å². The van der Waals surface area contributed by atoms with E-state index in [2.05, 4.69) is 0 Å². The van der Waals surface area contributed by atoms with Gasteiger partial charge in [-0.05, 0) is 19.2 Å². The molecule has 1 unspecified atom stereocenters. The van der Waals surface area contributed by atoms with Crippen molar-refractivity contribution in [2.75, 3.05) is 20.5 Å². The molecular formula is C11H16O3S. The molecule has 0 bridgehead atoms. The van der Waals surface area contributed by atoms with Crippen LogP contribution in [0.25, 0.3) is 0 Å². The fourth-order valence-electron chi connectivity index (χ4n) is 1.45. The lowest BCUT2D eigenvalue weighted by Gasteiger charge is -2.16. The first-order chi connectivity index (χ1) is 7.15. The van der Waals surface area contributed by atoms with E-state index in [0.717, 1.165) is 10.5 Å². The molecule has 15 heavy (non-hydrogen) atoms. The minimum atomic E-state index is -0.565. The highest BCUT2D eigenvalue weighted by Gasteiger charge is 2.17. The van der Waals surface area contributed by atoms with Crippen molar-refractivity contribution in [3.05, 3.63) is 17.7 Å². The van der Waals surface area contributed by atoms with Crippen molar-refractivity contribution in [1.29, 1.82) is 0 Å². The van der Waals surface area contributed by atoms with E-state index in [1.807, 2.05) is 18.4 Å². The lowest BCUT2D eigenvalue weighted by Crippen LogP contribution is -2.00. The zero-order chi connectivity index (χ0) is 11.4. The van der Waals surface area contributed by atoms with Gasteiger partial charge < -0.3 is 14.6 Å². The Morgan fingerprint density at radius 3 is 2.20 bits per heavy atom. The van der Waals surface area contributed by atoms with Crippen LogP contribution in [0.15, 0.2) is 17.0 Å². The highest BCUT2D eigenvalue weighted by atomic mass is 32.2. The molecule has 1 N–H and O–H groups in total. The van der Waals surface area contributed by atoms with Crippen molar-refractivity contribution in [2.45, 2.75) is 17.9 Å². The molecular weight excluding hydrogens is 212 g/mol. The Labute approximate surface area is 94.4 Å². The monoisotopic (exact) mass is 228 g/mol. The molecule has 0 heterocycles. The van der Waals surface area contributed by atoms with E-state index in [1.165, 1.54) is 0 Å². The summed E-state index contributed by atoms with van der Waals surface area (Å²) in [5.41, 5.74) is 0.743. The van der Waals surface area contributed by atoms with E-state index in [0.29, 0.717) is 11.5 Å². The molecule has 0 radical (unpaired) electrons. The third-order valence-electron chi connectivity index (χ3n) is 2.18. The minimum Gasteiger partial charge on any atom is -0.492 e. The maximum Gasteiger partial charge on any atom is 0.174 e. The van der Waals surface area contributed by atoms with Gasteiger partial charge in [0.2, 0.25) is 0 Å². The van der Waals surface area contributed by atoms with E-state index in [9.17, 15) is 5.11 Å². The Morgan fingerprint density at radius 2 is 1.80 bits per heavy atom. The summed E-state index contributed by atoms with van der Waals surface area (Å²) in [6.07, 6.45) is 1.41. The standard InChI is InChI=1S/C11H16O3S/c1-7(12)8-5-6-9(15-4)11(14-3)10(8)13-2/h5-7,12H,1-4H3. The van der Waals surface area contributed by atoms with E-state index in [4.69, 9.17) is 9.47 Å². The Morgan fingerprint density at radius 1 is 1.20 bits per heavy atom. The fourth-order valence-corrected chi connectivity index (χ4v) is 2.02. The molecule has 84 valence electrons. The number of aliphatic hydroxyl groups excluding tert-OH is 1. The summed E-state index contributed by atoms with van der Waals surface area (Å²) in [6, 6.07) is 3.78. The largest absolute Gasteiger partial charge is 0.492 e. The summed E-state index contributed by atoms with van der Waals surface area (Å²) in [7, 11) is 3.18. The Kier molecular flexibility index (Phi) is 4.29. The van der Waals surface area contributed by atoms with Crippen molar-refractivity contribution in [1.82, 2.24) is 0 Å². The maximum atomic E-state index is 9.58. The summed E-state index contributed by atoms with van der Waals surface area (Å²) < 4.78 is 10.6. The average molecular weight is 228 g/mol. The molecule has 0 saturated carbocycles. The van der Waals surface area contributed by atoms with Crippen LogP contribution in [0.2, 0.25) is 0 Å². The molecule has 0 saturated heterocycles. The molecule has 0 aliphatic rings. The van der Waals surface area contributed by atoms with E-state index < -0.39 is 6.10 Å². The quantitative estimate of drug-likeness (QED) is 0.803. The predicted octanol–water partition coefficient (Wildman–Crippen LogP) is 2.48. The fraction of sp³-hybridized carbons (Fsp3) is 0.455. The van der Waals surface area contributed by atoms with Crippen LogP contribution in [0.1, 0.15) is 18.6 Å². The minimum absolute atomic E-state index is 0.565. The van der Waals surface area contributed by atoms with Crippen LogP contribution in [-0.4, -0.2) is 25.6 Å². The lowest BCUT2D eigenvalue weighted by atomic mass is 10.1. The summed E-state index contributed by atoms with van der Waals surface area (Å²) in [4.78, 5) is 0.999. The van der Waals surface area contributed by atoms with Gasteiger partial charge in [-0.1, -0.05) is 6.07 Å². The normalized spacial score (nSPS) is 12.3. The summed E-state index contributed by atoms with van der Waals surface area (Å²) in [6.45, 7) is 1.70. The third kappa shape index (κ3) is 2.38. The molecule has 0 fully saturated rings. The molecule has 0 amide bonds. The predicted molar refractivity (Wildman–Crippen MR) is 62.0 cm³/mol. The number of hydrogen-bond donors (Lipinski definition) is 1.